The third-order valence-corrected chi connectivity index (χ3v) is 5.18. The molecule has 5 heteroatoms. The number of aromatic nitrogens is 1. The van der Waals surface area contributed by atoms with Crippen molar-refractivity contribution in [2.75, 3.05) is 5.32 Å². The Morgan fingerprint density at radius 1 is 0.900 bits per heavy atom. The number of benzene rings is 3. The predicted molar refractivity (Wildman–Crippen MR) is 122 cm³/mol. The summed E-state index contributed by atoms with van der Waals surface area (Å²) in [6.45, 7) is 2.19. The van der Waals surface area contributed by atoms with Gasteiger partial charge in [0.05, 0.1) is 6.54 Å². The average Bonchev–Trinajstić information content (AvgIpc) is 2.76. The molecule has 0 unspecified atom stereocenters. The summed E-state index contributed by atoms with van der Waals surface area (Å²) in [5.74, 6) is 0. The number of pyridine rings is 1. The summed E-state index contributed by atoms with van der Waals surface area (Å²) in [6, 6.07) is 24.8. The first-order chi connectivity index (χ1) is 14.5. The van der Waals surface area contributed by atoms with E-state index in [0.29, 0.717) is 5.39 Å². The number of amides is 2. The average molecular weight is 397 g/mol. The Balaban J connectivity index is 1.72. The lowest BCUT2D eigenvalue weighted by Gasteiger charge is -2.18. The van der Waals surface area contributed by atoms with Crippen molar-refractivity contribution in [3.05, 3.63) is 100 Å². The first-order valence-corrected chi connectivity index (χ1v) is 9.82. The Hall–Kier alpha value is -3.86. The number of fused-ring (bicyclic) bond motifs is 1. The number of hydrogen-bond donors (Lipinski definition) is 2. The van der Waals surface area contributed by atoms with Crippen LogP contribution in [-0.4, -0.2) is 10.6 Å². The summed E-state index contributed by atoms with van der Waals surface area (Å²) in [5, 5.41) is 7.28. The number of urea groups is 1. The maximum Gasteiger partial charge on any atom is 0.319 e. The van der Waals surface area contributed by atoms with Crippen LogP contribution in [-0.2, 0) is 13.6 Å². The van der Waals surface area contributed by atoms with Crippen LogP contribution in [0.15, 0.2) is 83.7 Å². The highest BCUT2D eigenvalue weighted by molar-refractivity contribution is 5.97. The molecule has 1 aromatic heterocycles. The highest BCUT2D eigenvalue weighted by Gasteiger charge is 2.16. The molecule has 30 heavy (non-hydrogen) atoms. The van der Waals surface area contributed by atoms with Crippen LogP contribution < -0.4 is 16.2 Å². The van der Waals surface area contributed by atoms with Gasteiger partial charge < -0.3 is 15.2 Å². The van der Waals surface area contributed by atoms with Gasteiger partial charge in [-0.3, -0.25) is 4.79 Å². The number of anilines is 1. The van der Waals surface area contributed by atoms with E-state index in [1.54, 1.807) is 11.6 Å². The van der Waals surface area contributed by atoms with E-state index in [2.05, 4.69) is 10.6 Å². The summed E-state index contributed by atoms with van der Waals surface area (Å²) in [5.41, 5.74) is 4.41. The second kappa shape index (κ2) is 8.25. The van der Waals surface area contributed by atoms with Gasteiger partial charge in [-0.2, -0.15) is 0 Å². The van der Waals surface area contributed by atoms with Crippen molar-refractivity contribution >= 4 is 22.5 Å². The van der Waals surface area contributed by atoms with Crippen LogP contribution >= 0.6 is 0 Å². The Bertz CT molecular complexity index is 1280. The van der Waals surface area contributed by atoms with Gasteiger partial charge in [-0.05, 0) is 41.6 Å². The monoisotopic (exact) mass is 397 g/mol. The number of carbonyl (C=O) groups is 1. The minimum absolute atomic E-state index is 0.0822. The van der Waals surface area contributed by atoms with Crippen molar-refractivity contribution in [3.8, 4) is 11.1 Å². The van der Waals surface area contributed by atoms with Crippen LogP contribution in [0, 0.1) is 6.92 Å². The molecule has 0 spiro atoms. The Kier molecular flexibility index (Phi) is 5.35. The lowest BCUT2D eigenvalue weighted by atomic mass is 9.97. The van der Waals surface area contributed by atoms with Gasteiger partial charge in [0.15, 0.2) is 0 Å². The minimum Gasteiger partial charge on any atom is -0.332 e. The molecule has 0 fully saturated rings. The predicted octanol–water partition coefficient (Wildman–Crippen LogP) is 4.84. The normalized spacial score (nSPS) is 10.7. The molecule has 4 rings (SSSR count). The molecule has 0 aliphatic carbocycles. The van der Waals surface area contributed by atoms with Crippen molar-refractivity contribution in [1.82, 2.24) is 9.88 Å². The van der Waals surface area contributed by atoms with E-state index in [-0.39, 0.29) is 18.1 Å². The maximum atomic E-state index is 12.9. The third kappa shape index (κ3) is 3.82. The molecule has 1 heterocycles. The fourth-order valence-electron chi connectivity index (χ4n) is 3.71. The second-order valence-electron chi connectivity index (χ2n) is 7.27. The zero-order valence-electron chi connectivity index (χ0n) is 17.0. The SMILES string of the molecule is Cc1cccc(NC(=O)NCc2c(-c3ccccc3)c3ccccc3c(=O)n2C)c1. The van der Waals surface area contributed by atoms with Crippen LogP contribution in [0.2, 0.25) is 0 Å². The van der Waals surface area contributed by atoms with Crippen LogP contribution in [0.25, 0.3) is 21.9 Å². The molecule has 0 radical (unpaired) electrons. The van der Waals surface area contributed by atoms with E-state index in [1.165, 1.54) is 0 Å². The molecule has 2 N–H and O–H groups in total. The number of nitrogens with one attached hydrogen (secondary N) is 2. The fraction of sp³-hybridized carbons (Fsp3) is 0.120. The molecular weight excluding hydrogens is 374 g/mol. The number of rotatable bonds is 4. The van der Waals surface area contributed by atoms with E-state index in [4.69, 9.17) is 0 Å². The van der Waals surface area contributed by atoms with E-state index >= 15 is 0 Å². The summed E-state index contributed by atoms with van der Waals surface area (Å²) in [6.07, 6.45) is 0. The first-order valence-electron chi connectivity index (χ1n) is 9.82. The second-order valence-corrected chi connectivity index (χ2v) is 7.27. The molecule has 2 amide bonds. The van der Waals surface area contributed by atoms with Crippen LogP contribution in [0.1, 0.15) is 11.3 Å². The lowest BCUT2D eigenvalue weighted by Crippen LogP contribution is -2.32. The quantitative estimate of drug-likeness (QED) is 0.518. The summed E-state index contributed by atoms with van der Waals surface area (Å²) in [4.78, 5) is 25.4. The molecule has 150 valence electrons. The highest BCUT2D eigenvalue weighted by atomic mass is 16.2. The topological polar surface area (TPSA) is 63.1 Å². The van der Waals surface area contributed by atoms with Gasteiger partial charge >= 0.3 is 6.03 Å². The molecular formula is C25H23N3O2. The van der Waals surface area contributed by atoms with Crippen molar-refractivity contribution < 1.29 is 4.79 Å². The first kappa shape index (κ1) is 19.5. The van der Waals surface area contributed by atoms with Gasteiger partial charge in [0, 0.05) is 29.4 Å². The van der Waals surface area contributed by atoms with Crippen molar-refractivity contribution in [2.24, 2.45) is 7.05 Å². The van der Waals surface area contributed by atoms with Crippen LogP contribution in [0.3, 0.4) is 0 Å². The van der Waals surface area contributed by atoms with Gasteiger partial charge in [-0.15, -0.1) is 0 Å². The molecule has 0 saturated carbocycles. The molecule has 0 bridgehead atoms. The standard InChI is InChI=1S/C25H23N3O2/c1-17-9-8-12-19(15-17)27-25(30)26-16-22-23(18-10-4-3-5-11-18)20-13-6-7-14-21(20)24(29)28(22)2/h3-15H,16H2,1-2H3,(H2,26,27,30). The molecule has 0 atom stereocenters. The maximum absolute atomic E-state index is 12.9. The van der Waals surface area contributed by atoms with E-state index in [9.17, 15) is 9.59 Å². The van der Waals surface area contributed by atoms with Crippen molar-refractivity contribution in [3.63, 3.8) is 0 Å². The Labute approximate surface area is 175 Å². The third-order valence-electron chi connectivity index (χ3n) is 5.18. The summed E-state index contributed by atoms with van der Waals surface area (Å²) >= 11 is 0. The smallest absolute Gasteiger partial charge is 0.319 e. The van der Waals surface area contributed by atoms with Gasteiger partial charge in [-0.25, -0.2) is 4.79 Å². The number of hydrogen-bond acceptors (Lipinski definition) is 2. The molecule has 3 aromatic carbocycles. The fourth-order valence-corrected chi connectivity index (χ4v) is 3.71. The lowest BCUT2D eigenvalue weighted by molar-refractivity contribution is 0.251. The molecule has 0 aliphatic heterocycles. The summed E-state index contributed by atoms with van der Waals surface area (Å²) < 4.78 is 1.62. The van der Waals surface area contributed by atoms with E-state index in [0.717, 1.165) is 33.5 Å². The highest BCUT2D eigenvalue weighted by Crippen LogP contribution is 2.30. The Morgan fingerprint density at radius 2 is 1.60 bits per heavy atom. The van der Waals surface area contributed by atoms with Crippen molar-refractivity contribution in [2.45, 2.75) is 13.5 Å². The minimum atomic E-state index is -0.319. The molecule has 0 aliphatic rings. The zero-order chi connectivity index (χ0) is 21.1. The summed E-state index contributed by atoms with van der Waals surface area (Å²) in [7, 11) is 1.75. The van der Waals surface area contributed by atoms with Crippen LogP contribution in [0.5, 0.6) is 0 Å². The van der Waals surface area contributed by atoms with E-state index < -0.39 is 0 Å². The largest absolute Gasteiger partial charge is 0.332 e. The number of carbonyl (C=O) groups excluding carboxylic acids is 1. The van der Waals surface area contributed by atoms with Gasteiger partial charge in [0.2, 0.25) is 0 Å². The van der Waals surface area contributed by atoms with Gasteiger partial charge in [0.25, 0.3) is 5.56 Å². The molecule has 5 nitrogen and oxygen atoms in total. The number of aryl methyl sites for hydroxylation is 1. The van der Waals surface area contributed by atoms with Gasteiger partial charge in [0.1, 0.15) is 0 Å². The van der Waals surface area contributed by atoms with E-state index in [1.807, 2.05) is 85.8 Å². The molecule has 0 saturated heterocycles. The molecule has 4 aromatic rings. The van der Waals surface area contributed by atoms with Crippen LogP contribution in [0.4, 0.5) is 10.5 Å². The Morgan fingerprint density at radius 3 is 2.33 bits per heavy atom. The zero-order valence-corrected chi connectivity index (χ0v) is 17.0. The van der Waals surface area contributed by atoms with Crippen molar-refractivity contribution in [1.29, 1.82) is 0 Å². The number of nitrogens with zero attached hydrogens (tertiary/aromatic N) is 1. The van der Waals surface area contributed by atoms with Gasteiger partial charge in [-0.1, -0.05) is 60.7 Å².